The van der Waals surface area contributed by atoms with Gasteiger partial charge in [-0.15, -0.1) is 0 Å². The summed E-state index contributed by atoms with van der Waals surface area (Å²) in [7, 11) is 1.37. The van der Waals surface area contributed by atoms with E-state index in [1.807, 2.05) is 6.07 Å². The summed E-state index contributed by atoms with van der Waals surface area (Å²) >= 11 is 0. The highest BCUT2D eigenvalue weighted by Crippen LogP contribution is 2.49. The van der Waals surface area contributed by atoms with E-state index in [9.17, 15) is 4.79 Å². The fraction of sp³-hybridized carbons (Fsp3) is 0.522. The molecular formula is C23H30N2O3. The molecule has 5 nitrogen and oxygen atoms in total. The number of carbonyl (C=O) groups excluding carboxylic acids is 1. The molecule has 150 valence electrons. The molecule has 0 bridgehead atoms. The van der Waals surface area contributed by atoms with E-state index in [-0.39, 0.29) is 11.4 Å². The van der Waals surface area contributed by atoms with Crippen LogP contribution in [0.1, 0.15) is 75.5 Å². The minimum Gasteiger partial charge on any atom is -0.465 e. The van der Waals surface area contributed by atoms with Crippen LogP contribution in [0, 0.1) is 5.41 Å². The highest BCUT2D eigenvalue weighted by molar-refractivity contribution is 5.90. The first-order chi connectivity index (χ1) is 13.4. The Kier molecular flexibility index (Phi) is 6.01. The minimum atomic E-state index is -0.374. The van der Waals surface area contributed by atoms with Gasteiger partial charge in [0.15, 0.2) is 0 Å². The lowest BCUT2D eigenvalue weighted by molar-refractivity contribution is 0.0601. The molecule has 1 aliphatic carbocycles. The summed E-state index contributed by atoms with van der Waals surface area (Å²) in [5, 5.41) is 4.19. The van der Waals surface area contributed by atoms with Gasteiger partial charge in [-0.3, -0.25) is 0 Å². The van der Waals surface area contributed by atoms with Crippen molar-refractivity contribution in [2.75, 3.05) is 7.11 Å². The first kappa shape index (κ1) is 20.3. The molecule has 1 fully saturated rings. The molecule has 2 aromatic rings. The van der Waals surface area contributed by atoms with Gasteiger partial charge in [-0.25, -0.2) is 4.79 Å². The molecule has 3 rings (SSSR count). The molecule has 0 aliphatic heterocycles. The van der Waals surface area contributed by atoms with Gasteiger partial charge in [0, 0.05) is 11.0 Å². The summed E-state index contributed by atoms with van der Waals surface area (Å²) in [6.07, 6.45) is 11.3. The second-order valence-corrected chi connectivity index (χ2v) is 8.17. The smallest absolute Gasteiger partial charge is 0.337 e. The first-order valence-corrected chi connectivity index (χ1v) is 10.1. The van der Waals surface area contributed by atoms with Crippen LogP contribution in [-0.4, -0.2) is 23.2 Å². The van der Waals surface area contributed by atoms with Crippen LogP contribution >= 0.6 is 0 Å². The van der Waals surface area contributed by atoms with E-state index in [2.05, 4.69) is 38.1 Å². The number of rotatable bonds is 6. The second-order valence-electron chi connectivity index (χ2n) is 8.17. The molecule has 0 atom stereocenters. The van der Waals surface area contributed by atoms with Gasteiger partial charge < -0.3 is 9.26 Å². The van der Waals surface area contributed by atoms with Gasteiger partial charge >= 0.3 is 5.97 Å². The van der Waals surface area contributed by atoms with E-state index in [0.717, 1.165) is 31.2 Å². The summed E-state index contributed by atoms with van der Waals surface area (Å²) in [4.78, 5) is 16.5. The van der Waals surface area contributed by atoms with Crippen LogP contribution in [0.5, 0.6) is 0 Å². The largest absolute Gasteiger partial charge is 0.465 e. The first-order valence-electron chi connectivity index (χ1n) is 10.1. The molecule has 0 radical (unpaired) electrons. The van der Waals surface area contributed by atoms with E-state index in [1.54, 1.807) is 18.2 Å². The average molecular weight is 383 g/mol. The quantitative estimate of drug-likeness (QED) is 0.472. The van der Waals surface area contributed by atoms with Crippen molar-refractivity contribution in [3.05, 3.63) is 47.9 Å². The Morgan fingerprint density at radius 1 is 1.29 bits per heavy atom. The Bertz CT molecular complexity index is 845. The van der Waals surface area contributed by atoms with E-state index >= 15 is 0 Å². The van der Waals surface area contributed by atoms with Crippen LogP contribution in [0.15, 0.2) is 40.9 Å². The van der Waals surface area contributed by atoms with E-state index in [0.29, 0.717) is 22.7 Å². The summed E-state index contributed by atoms with van der Waals surface area (Å²) in [5.74, 6) is 0.832. The van der Waals surface area contributed by atoms with Crippen LogP contribution in [0.4, 0.5) is 0 Å². The van der Waals surface area contributed by atoms with Gasteiger partial charge in [-0.2, -0.15) is 4.98 Å². The Morgan fingerprint density at radius 3 is 2.68 bits per heavy atom. The number of benzene rings is 1. The number of allylic oxidation sites excluding steroid dienone is 2. The van der Waals surface area contributed by atoms with Gasteiger partial charge in [0.1, 0.15) is 0 Å². The monoisotopic (exact) mass is 382 g/mol. The molecule has 1 aliphatic rings. The van der Waals surface area contributed by atoms with E-state index in [1.165, 1.54) is 20.0 Å². The second kappa shape index (κ2) is 8.29. The average Bonchev–Trinajstić information content (AvgIpc) is 3.22. The molecule has 0 N–H and O–H groups in total. The SMILES string of the molecule is C/C=C\C1(CCC)CCC(C)(c2nc(-c3cccc(C(=O)OC)c3)no2)CC1. The molecule has 1 aromatic heterocycles. The van der Waals surface area contributed by atoms with E-state index in [4.69, 9.17) is 14.2 Å². The maximum absolute atomic E-state index is 11.8. The van der Waals surface area contributed by atoms with Crippen molar-refractivity contribution in [1.82, 2.24) is 10.1 Å². The topological polar surface area (TPSA) is 65.2 Å². The molecule has 0 saturated heterocycles. The molecule has 0 amide bonds. The Morgan fingerprint density at radius 2 is 2.04 bits per heavy atom. The molecule has 5 heteroatoms. The standard InChI is InChI=1S/C23H30N2O3/c1-5-10-23(11-6-2)14-12-22(3,13-15-23)21-24-19(25-28-21)17-8-7-9-18(16-17)20(26)27-4/h5,7-10,16H,6,11-15H2,1-4H3/b10-5-. The number of aromatic nitrogens is 2. The number of nitrogens with zero attached hydrogens (tertiary/aromatic N) is 2. The van der Waals surface area contributed by atoms with Crippen LogP contribution in [-0.2, 0) is 10.2 Å². The van der Waals surface area contributed by atoms with Crippen LogP contribution in [0.25, 0.3) is 11.4 Å². The zero-order valence-corrected chi connectivity index (χ0v) is 17.3. The number of esters is 1. The van der Waals surface area contributed by atoms with Gasteiger partial charge in [-0.1, -0.05) is 49.7 Å². The summed E-state index contributed by atoms with van der Waals surface area (Å²) in [5.41, 5.74) is 1.43. The maximum atomic E-state index is 11.8. The minimum absolute atomic E-state index is 0.107. The van der Waals surface area contributed by atoms with Crippen LogP contribution in [0.3, 0.4) is 0 Å². The maximum Gasteiger partial charge on any atom is 0.337 e. The van der Waals surface area contributed by atoms with Crippen LogP contribution in [0.2, 0.25) is 0 Å². The van der Waals surface area contributed by atoms with Gasteiger partial charge in [0.05, 0.1) is 12.7 Å². The third-order valence-electron chi connectivity index (χ3n) is 6.10. The number of hydrogen-bond acceptors (Lipinski definition) is 5. The van der Waals surface area contributed by atoms with Crippen molar-refractivity contribution >= 4 is 5.97 Å². The van der Waals surface area contributed by atoms with Crippen molar-refractivity contribution in [3.63, 3.8) is 0 Å². The van der Waals surface area contributed by atoms with Crippen molar-refractivity contribution in [2.45, 2.75) is 64.7 Å². The molecule has 1 aromatic carbocycles. The normalized spacial score (nSPS) is 25.1. The zero-order valence-electron chi connectivity index (χ0n) is 17.3. The molecule has 1 saturated carbocycles. The number of ether oxygens (including phenoxy) is 1. The lowest BCUT2D eigenvalue weighted by atomic mass is 9.62. The lowest BCUT2D eigenvalue weighted by Crippen LogP contribution is -2.34. The highest BCUT2D eigenvalue weighted by Gasteiger charge is 2.42. The molecule has 0 unspecified atom stereocenters. The van der Waals surface area contributed by atoms with E-state index < -0.39 is 0 Å². The Balaban J connectivity index is 1.80. The molecule has 1 heterocycles. The fourth-order valence-corrected chi connectivity index (χ4v) is 4.35. The summed E-state index contributed by atoms with van der Waals surface area (Å²) in [6, 6.07) is 7.13. The number of hydrogen-bond donors (Lipinski definition) is 0. The predicted molar refractivity (Wildman–Crippen MR) is 109 cm³/mol. The lowest BCUT2D eigenvalue weighted by Gasteiger charge is -2.42. The fourth-order valence-electron chi connectivity index (χ4n) is 4.35. The molecule has 0 spiro atoms. The Hall–Kier alpha value is -2.43. The predicted octanol–water partition coefficient (Wildman–Crippen LogP) is 5.72. The van der Waals surface area contributed by atoms with Crippen LogP contribution < -0.4 is 0 Å². The third-order valence-corrected chi connectivity index (χ3v) is 6.10. The Labute approximate surface area is 167 Å². The van der Waals surface area contributed by atoms with Gasteiger partial charge in [0.25, 0.3) is 0 Å². The third kappa shape index (κ3) is 4.03. The van der Waals surface area contributed by atoms with Gasteiger partial charge in [0.2, 0.25) is 11.7 Å². The van der Waals surface area contributed by atoms with Crippen molar-refractivity contribution < 1.29 is 14.1 Å². The number of methoxy groups -OCH3 is 1. The van der Waals surface area contributed by atoms with Crippen molar-refractivity contribution in [3.8, 4) is 11.4 Å². The van der Waals surface area contributed by atoms with Crippen molar-refractivity contribution in [2.24, 2.45) is 5.41 Å². The summed E-state index contributed by atoms with van der Waals surface area (Å²) in [6.45, 7) is 6.59. The van der Waals surface area contributed by atoms with Crippen molar-refractivity contribution in [1.29, 1.82) is 0 Å². The highest BCUT2D eigenvalue weighted by atomic mass is 16.5. The molecule has 28 heavy (non-hydrogen) atoms. The molecular weight excluding hydrogens is 352 g/mol. The zero-order chi connectivity index (χ0) is 20.2. The summed E-state index contributed by atoms with van der Waals surface area (Å²) < 4.78 is 10.5. The number of carbonyl (C=O) groups is 1. The van der Waals surface area contributed by atoms with Gasteiger partial charge in [-0.05, 0) is 56.6 Å².